The van der Waals surface area contributed by atoms with Crippen LogP contribution in [0.4, 0.5) is 0 Å². The summed E-state index contributed by atoms with van der Waals surface area (Å²) in [5.74, 6) is 0.526. The molecule has 3 rings (SSSR count). The Morgan fingerprint density at radius 2 is 2.20 bits per heavy atom. The minimum Gasteiger partial charge on any atom is -0.353 e. The summed E-state index contributed by atoms with van der Waals surface area (Å²) in [5, 5.41) is 0. The maximum Gasteiger partial charge on any atom is 0.155 e. The largest absolute Gasteiger partial charge is 0.353 e. The van der Waals surface area contributed by atoms with Crippen LogP contribution in [0.5, 0.6) is 0 Å². The molecule has 0 amide bonds. The van der Waals surface area contributed by atoms with Gasteiger partial charge in [0, 0.05) is 5.92 Å². The zero-order valence-corrected chi connectivity index (χ0v) is 9.19. The first kappa shape index (κ1) is 9.37. The Labute approximate surface area is 90.2 Å². The first-order valence-electron chi connectivity index (χ1n) is 5.60. The highest BCUT2D eigenvalue weighted by Crippen LogP contribution is 2.42. The van der Waals surface area contributed by atoms with Crippen molar-refractivity contribution in [2.45, 2.75) is 32.7 Å². The van der Waals surface area contributed by atoms with Crippen molar-refractivity contribution in [1.29, 1.82) is 0 Å². The average Bonchev–Trinajstić information content (AvgIpc) is 2.56. The highest BCUT2D eigenvalue weighted by atomic mass is 16.7. The molecule has 1 saturated heterocycles. The molecule has 1 fully saturated rings. The lowest BCUT2D eigenvalue weighted by Gasteiger charge is -2.31. The van der Waals surface area contributed by atoms with Gasteiger partial charge >= 0.3 is 0 Å². The molecule has 0 saturated carbocycles. The summed E-state index contributed by atoms with van der Waals surface area (Å²) in [4.78, 5) is 0. The van der Waals surface area contributed by atoms with Crippen molar-refractivity contribution in [3.63, 3.8) is 0 Å². The Morgan fingerprint density at radius 3 is 3.07 bits per heavy atom. The lowest BCUT2D eigenvalue weighted by atomic mass is 10.0. The highest BCUT2D eigenvalue weighted by molar-refractivity contribution is 5.38. The number of rotatable bonds is 0. The molecule has 2 heteroatoms. The van der Waals surface area contributed by atoms with Crippen molar-refractivity contribution < 1.29 is 9.47 Å². The predicted octanol–water partition coefficient (Wildman–Crippen LogP) is 2.60. The van der Waals surface area contributed by atoms with E-state index < -0.39 is 0 Å². The number of aryl methyl sites for hydroxylation is 1. The molecule has 1 heterocycles. The summed E-state index contributed by atoms with van der Waals surface area (Å²) in [6.07, 6.45) is 1.31. The van der Waals surface area contributed by atoms with Crippen molar-refractivity contribution in [3.05, 3.63) is 34.9 Å². The zero-order valence-electron chi connectivity index (χ0n) is 9.19. The lowest BCUT2D eigenvalue weighted by molar-refractivity contribution is -0.225. The van der Waals surface area contributed by atoms with E-state index in [0.29, 0.717) is 5.92 Å². The molecule has 1 aliphatic carbocycles. The molecule has 0 aromatic heterocycles. The van der Waals surface area contributed by atoms with Gasteiger partial charge < -0.3 is 9.47 Å². The molecular weight excluding hydrogens is 188 g/mol. The number of hydrogen-bond acceptors (Lipinski definition) is 2. The van der Waals surface area contributed by atoms with Crippen LogP contribution in [0.2, 0.25) is 0 Å². The molecule has 0 bridgehead atoms. The molecule has 0 spiro atoms. The maximum atomic E-state index is 5.87. The molecule has 80 valence electrons. The third-order valence-corrected chi connectivity index (χ3v) is 3.40. The first-order chi connectivity index (χ1) is 7.24. The van der Waals surface area contributed by atoms with Gasteiger partial charge in [-0.15, -0.1) is 0 Å². The molecule has 1 aromatic rings. The topological polar surface area (TPSA) is 18.5 Å². The Bertz CT molecular complexity index is 386. The molecule has 1 aliphatic heterocycles. The van der Waals surface area contributed by atoms with Crippen molar-refractivity contribution in [1.82, 2.24) is 0 Å². The first-order valence-corrected chi connectivity index (χ1v) is 5.60. The van der Waals surface area contributed by atoms with Gasteiger partial charge in [0.2, 0.25) is 0 Å². The molecule has 0 N–H and O–H groups in total. The van der Waals surface area contributed by atoms with E-state index in [4.69, 9.17) is 9.47 Å². The Balaban J connectivity index is 1.98. The normalized spacial score (nSPS) is 33.6. The summed E-state index contributed by atoms with van der Waals surface area (Å²) >= 11 is 0. The van der Waals surface area contributed by atoms with Gasteiger partial charge in [0.25, 0.3) is 0 Å². The predicted molar refractivity (Wildman–Crippen MR) is 57.6 cm³/mol. The summed E-state index contributed by atoms with van der Waals surface area (Å²) in [7, 11) is 0. The van der Waals surface area contributed by atoms with Crippen LogP contribution in [0.1, 0.15) is 29.7 Å². The van der Waals surface area contributed by atoms with Crippen LogP contribution in [0.15, 0.2) is 18.2 Å². The summed E-state index contributed by atoms with van der Waals surface area (Å²) in [6.45, 7) is 4.94. The van der Waals surface area contributed by atoms with Gasteiger partial charge in [0.05, 0.1) is 12.7 Å². The van der Waals surface area contributed by atoms with E-state index in [9.17, 15) is 0 Å². The summed E-state index contributed by atoms with van der Waals surface area (Å²) < 4.78 is 11.4. The second-order valence-electron chi connectivity index (χ2n) is 4.62. The highest BCUT2D eigenvalue weighted by Gasteiger charge is 2.37. The van der Waals surface area contributed by atoms with E-state index in [1.54, 1.807) is 0 Å². The molecule has 1 aromatic carbocycles. The van der Waals surface area contributed by atoms with Gasteiger partial charge in [-0.25, -0.2) is 0 Å². The SMILES string of the molecule is Cc1ccc2c(c1)[C@@H]1O[C@H](C)OC[C@@H]1C2. The van der Waals surface area contributed by atoms with Crippen LogP contribution >= 0.6 is 0 Å². The fourth-order valence-corrected chi connectivity index (χ4v) is 2.64. The van der Waals surface area contributed by atoms with Crippen LogP contribution in [-0.4, -0.2) is 12.9 Å². The monoisotopic (exact) mass is 204 g/mol. The molecule has 3 atom stereocenters. The number of benzene rings is 1. The van der Waals surface area contributed by atoms with Crippen LogP contribution in [0.3, 0.4) is 0 Å². The third-order valence-electron chi connectivity index (χ3n) is 3.40. The van der Waals surface area contributed by atoms with E-state index in [0.717, 1.165) is 13.0 Å². The second kappa shape index (κ2) is 3.32. The number of ether oxygens (including phenoxy) is 2. The van der Waals surface area contributed by atoms with Crippen molar-refractivity contribution in [2.24, 2.45) is 5.92 Å². The quantitative estimate of drug-likeness (QED) is 0.646. The summed E-state index contributed by atoms with van der Waals surface area (Å²) in [6, 6.07) is 6.68. The van der Waals surface area contributed by atoms with E-state index in [1.807, 2.05) is 6.92 Å². The van der Waals surface area contributed by atoms with E-state index in [1.165, 1.54) is 16.7 Å². The van der Waals surface area contributed by atoms with Crippen LogP contribution in [0, 0.1) is 12.8 Å². The Hall–Kier alpha value is -0.860. The van der Waals surface area contributed by atoms with Gasteiger partial charge in [-0.2, -0.15) is 0 Å². The fourth-order valence-electron chi connectivity index (χ4n) is 2.64. The molecule has 15 heavy (non-hydrogen) atoms. The standard InChI is InChI=1S/C13H16O2/c1-8-3-4-10-6-11-7-14-9(2)15-13(11)12(10)5-8/h3-5,9,11,13H,6-7H2,1-2H3/t9-,11+,13-/m1/s1. The maximum absolute atomic E-state index is 5.87. The lowest BCUT2D eigenvalue weighted by Crippen LogP contribution is -2.30. The number of fused-ring (bicyclic) bond motifs is 3. The van der Waals surface area contributed by atoms with Crippen molar-refractivity contribution >= 4 is 0 Å². The Morgan fingerprint density at radius 1 is 1.33 bits per heavy atom. The fraction of sp³-hybridized carbons (Fsp3) is 0.538. The second-order valence-corrected chi connectivity index (χ2v) is 4.62. The van der Waals surface area contributed by atoms with E-state index in [-0.39, 0.29) is 12.4 Å². The summed E-state index contributed by atoms with van der Waals surface area (Å²) in [5.41, 5.74) is 4.14. The van der Waals surface area contributed by atoms with Crippen LogP contribution in [0.25, 0.3) is 0 Å². The van der Waals surface area contributed by atoms with Gasteiger partial charge in [-0.1, -0.05) is 23.8 Å². The Kier molecular flexibility index (Phi) is 2.08. The van der Waals surface area contributed by atoms with Gasteiger partial charge in [-0.3, -0.25) is 0 Å². The van der Waals surface area contributed by atoms with E-state index >= 15 is 0 Å². The average molecular weight is 204 g/mol. The van der Waals surface area contributed by atoms with Crippen molar-refractivity contribution in [3.8, 4) is 0 Å². The minimum atomic E-state index is -0.0577. The molecule has 0 unspecified atom stereocenters. The van der Waals surface area contributed by atoms with Gasteiger partial charge in [-0.05, 0) is 31.4 Å². The zero-order chi connectivity index (χ0) is 10.4. The molecule has 2 nitrogen and oxygen atoms in total. The molecule has 2 aliphatic rings. The van der Waals surface area contributed by atoms with Gasteiger partial charge in [0.15, 0.2) is 6.29 Å². The molecular formula is C13H16O2. The van der Waals surface area contributed by atoms with Gasteiger partial charge in [0.1, 0.15) is 0 Å². The smallest absolute Gasteiger partial charge is 0.155 e. The number of hydrogen-bond donors (Lipinski definition) is 0. The third kappa shape index (κ3) is 1.48. The van der Waals surface area contributed by atoms with Crippen LogP contribution < -0.4 is 0 Å². The van der Waals surface area contributed by atoms with E-state index in [2.05, 4.69) is 25.1 Å². The van der Waals surface area contributed by atoms with Crippen LogP contribution in [-0.2, 0) is 15.9 Å². The minimum absolute atomic E-state index is 0.0577. The van der Waals surface area contributed by atoms with Crippen molar-refractivity contribution in [2.75, 3.05) is 6.61 Å². The molecule has 0 radical (unpaired) electrons.